The largest absolute Gasteiger partial charge is 0.392 e. The second-order valence-electron chi connectivity index (χ2n) is 4.33. The normalized spacial score (nSPS) is 22.2. The Kier molecular flexibility index (Phi) is 4.27. The van der Waals surface area contributed by atoms with E-state index in [0.717, 1.165) is 12.2 Å². The zero-order valence-corrected chi connectivity index (χ0v) is 10.5. The maximum atomic E-state index is 9.33. The van der Waals surface area contributed by atoms with Crippen molar-refractivity contribution in [1.82, 2.24) is 5.32 Å². The first kappa shape index (κ1) is 12.0. The van der Waals surface area contributed by atoms with Gasteiger partial charge in [-0.05, 0) is 30.2 Å². The van der Waals surface area contributed by atoms with Crippen LogP contribution in [0.5, 0.6) is 0 Å². The lowest BCUT2D eigenvalue weighted by atomic mass is 9.99. The minimum Gasteiger partial charge on any atom is -0.392 e. The molecule has 16 heavy (non-hydrogen) atoms. The molecular weight excluding hydrogens is 218 g/mol. The fourth-order valence-corrected chi connectivity index (χ4v) is 3.12. The molecule has 1 aromatic rings. The number of aliphatic hydroxyl groups is 1. The third-order valence-corrected chi connectivity index (χ3v) is 3.95. The number of hydrogen-bond donors (Lipinski definition) is 2. The van der Waals surface area contributed by atoms with E-state index in [0.29, 0.717) is 12.6 Å². The fourth-order valence-electron chi connectivity index (χ4n) is 2.06. The molecule has 0 saturated carbocycles. The quantitative estimate of drug-likeness (QED) is 0.843. The van der Waals surface area contributed by atoms with E-state index < -0.39 is 0 Å². The molecule has 1 heterocycles. The van der Waals surface area contributed by atoms with E-state index in [9.17, 15) is 5.11 Å². The van der Waals surface area contributed by atoms with Gasteiger partial charge in [0.25, 0.3) is 0 Å². The molecule has 88 valence electrons. The molecule has 0 aromatic heterocycles. The maximum absolute atomic E-state index is 9.33. The Morgan fingerprint density at radius 3 is 3.12 bits per heavy atom. The molecule has 0 fully saturated rings. The highest BCUT2D eigenvalue weighted by Crippen LogP contribution is 2.27. The SMILES string of the molecule is C[C@@H](O)CNC1CSCCc2ccccc21. The van der Waals surface area contributed by atoms with Gasteiger partial charge in [-0.1, -0.05) is 24.3 Å². The number of fused-ring (bicyclic) bond motifs is 1. The van der Waals surface area contributed by atoms with Crippen molar-refractivity contribution in [3.63, 3.8) is 0 Å². The van der Waals surface area contributed by atoms with Crippen molar-refractivity contribution in [1.29, 1.82) is 0 Å². The third kappa shape index (κ3) is 3.00. The van der Waals surface area contributed by atoms with E-state index in [1.54, 1.807) is 0 Å². The number of benzene rings is 1. The summed E-state index contributed by atoms with van der Waals surface area (Å²) in [6.07, 6.45) is 0.883. The van der Waals surface area contributed by atoms with Gasteiger partial charge in [0.15, 0.2) is 0 Å². The Morgan fingerprint density at radius 2 is 2.31 bits per heavy atom. The second-order valence-corrected chi connectivity index (χ2v) is 5.48. The molecule has 0 bridgehead atoms. The first-order valence-corrected chi connectivity index (χ1v) is 7.00. The fraction of sp³-hybridized carbons (Fsp3) is 0.538. The van der Waals surface area contributed by atoms with Crippen molar-refractivity contribution in [3.8, 4) is 0 Å². The van der Waals surface area contributed by atoms with Crippen molar-refractivity contribution in [3.05, 3.63) is 35.4 Å². The van der Waals surface area contributed by atoms with Crippen LogP contribution in [0.15, 0.2) is 24.3 Å². The van der Waals surface area contributed by atoms with Crippen molar-refractivity contribution < 1.29 is 5.11 Å². The lowest BCUT2D eigenvalue weighted by Gasteiger charge is -2.19. The topological polar surface area (TPSA) is 32.3 Å². The molecule has 1 aliphatic heterocycles. The van der Waals surface area contributed by atoms with Crippen molar-refractivity contribution in [2.24, 2.45) is 0 Å². The molecule has 3 heteroatoms. The van der Waals surface area contributed by atoms with Gasteiger partial charge in [0, 0.05) is 18.3 Å². The summed E-state index contributed by atoms with van der Waals surface area (Å²) in [6.45, 7) is 2.49. The molecule has 1 unspecified atom stereocenters. The van der Waals surface area contributed by atoms with Gasteiger partial charge in [0.05, 0.1) is 6.10 Å². The predicted octanol–water partition coefficient (Wildman–Crippen LogP) is 1.99. The molecule has 0 spiro atoms. The maximum Gasteiger partial charge on any atom is 0.0636 e. The van der Waals surface area contributed by atoms with E-state index in [1.165, 1.54) is 16.9 Å². The Labute approximate surface area is 101 Å². The van der Waals surface area contributed by atoms with Crippen LogP contribution < -0.4 is 5.32 Å². The van der Waals surface area contributed by atoms with Crippen molar-refractivity contribution >= 4 is 11.8 Å². The molecule has 0 radical (unpaired) electrons. The number of aliphatic hydroxyl groups excluding tert-OH is 1. The van der Waals surface area contributed by atoms with Gasteiger partial charge in [-0.2, -0.15) is 11.8 Å². The minimum absolute atomic E-state index is 0.277. The summed E-state index contributed by atoms with van der Waals surface area (Å²) in [5, 5.41) is 12.8. The number of rotatable bonds is 3. The van der Waals surface area contributed by atoms with Gasteiger partial charge < -0.3 is 10.4 Å². The summed E-state index contributed by atoms with van der Waals surface area (Å²) >= 11 is 1.99. The van der Waals surface area contributed by atoms with E-state index in [1.807, 2.05) is 18.7 Å². The van der Waals surface area contributed by atoms with Crippen LogP contribution in [0.2, 0.25) is 0 Å². The Bertz CT molecular complexity index is 340. The van der Waals surface area contributed by atoms with Crippen LogP contribution >= 0.6 is 11.8 Å². The van der Waals surface area contributed by atoms with Crippen LogP contribution in [0.4, 0.5) is 0 Å². The first-order valence-electron chi connectivity index (χ1n) is 5.84. The molecule has 2 rings (SSSR count). The van der Waals surface area contributed by atoms with Crippen LogP contribution in [0.3, 0.4) is 0 Å². The number of aryl methyl sites for hydroxylation is 1. The summed E-state index contributed by atoms with van der Waals surface area (Å²) in [4.78, 5) is 0. The van der Waals surface area contributed by atoms with Crippen LogP contribution in [-0.4, -0.2) is 29.3 Å². The van der Waals surface area contributed by atoms with Gasteiger partial charge in [0.1, 0.15) is 0 Å². The average molecular weight is 237 g/mol. The summed E-state index contributed by atoms with van der Waals surface area (Å²) in [5.74, 6) is 2.30. The van der Waals surface area contributed by atoms with Crippen molar-refractivity contribution in [2.75, 3.05) is 18.1 Å². The predicted molar refractivity (Wildman–Crippen MR) is 69.9 cm³/mol. The molecule has 2 atom stereocenters. The van der Waals surface area contributed by atoms with Gasteiger partial charge in [-0.3, -0.25) is 0 Å². The Morgan fingerprint density at radius 1 is 1.50 bits per heavy atom. The summed E-state index contributed by atoms with van der Waals surface area (Å²) in [7, 11) is 0. The van der Waals surface area contributed by atoms with Gasteiger partial charge in [-0.15, -0.1) is 0 Å². The van der Waals surface area contributed by atoms with E-state index in [-0.39, 0.29) is 6.10 Å². The van der Waals surface area contributed by atoms with Crippen LogP contribution in [0, 0.1) is 0 Å². The van der Waals surface area contributed by atoms with Gasteiger partial charge in [-0.25, -0.2) is 0 Å². The third-order valence-electron chi connectivity index (χ3n) is 2.89. The van der Waals surface area contributed by atoms with Crippen LogP contribution in [0.25, 0.3) is 0 Å². The summed E-state index contributed by atoms with van der Waals surface area (Å²) in [6, 6.07) is 9.03. The summed E-state index contributed by atoms with van der Waals surface area (Å²) < 4.78 is 0. The Balaban J connectivity index is 2.12. The number of nitrogens with one attached hydrogen (secondary N) is 1. The second kappa shape index (κ2) is 5.71. The van der Waals surface area contributed by atoms with E-state index >= 15 is 0 Å². The Hall–Kier alpha value is -0.510. The van der Waals surface area contributed by atoms with E-state index in [4.69, 9.17) is 0 Å². The molecule has 2 nitrogen and oxygen atoms in total. The first-order chi connectivity index (χ1) is 7.77. The zero-order chi connectivity index (χ0) is 11.4. The van der Waals surface area contributed by atoms with Gasteiger partial charge in [0.2, 0.25) is 0 Å². The summed E-state index contributed by atoms with van der Waals surface area (Å²) in [5.41, 5.74) is 2.86. The van der Waals surface area contributed by atoms with Crippen LogP contribution in [-0.2, 0) is 6.42 Å². The lowest BCUT2D eigenvalue weighted by Crippen LogP contribution is -2.30. The standard InChI is InChI=1S/C13H19NOS/c1-10(15)8-14-13-9-16-7-6-11-4-2-3-5-12(11)13/h2-5,10,13-15H,6-9H2,1H3/t10-,13?/m1/s1. The van der Waals surface area contributed by atoms with E-state index in [2.05, 4.69) is 29.6 Å². The molecule has 0 amide bonds. The smallest absolute Gasteiger partial charge is 0.0636 e. The minimum atomic E-state index is -0.277. The van der Waals surface area contributed by atoms with Crippen LogP contribution in [0.1, 0.15) is 24.1 Å². The van der Waals surface area contributed by atoms with Crippen molar-refractivity contribution in [2.45, 2.75) is 25.5 Å². The monoisotopic (exact) mass is 237 g/mol. The number of thioether (sulfide) groups is 1. The number of hydrogen-bond acceptors (Lipinski definition) is 3. The van der Waals surface area contributed by atoms with Gasteiger partial charge >= 0.3 is 0 Å². The molecule has 0 saturated heterocycles. The molecule has 0 aliphatic carbocycles. The molecular formula is C13H19NOS. The highest BCUT2D eigenvalue weighted by molar-refractivity contribution is 7.99. The molecule has 1 aliphatic rings. The molecule has 2 N–H and O–H groups in total. The zero-order valence-electron chi connectivity index (χ0n) is 9.65. The highest BCUT2D eigenvalue weighted by atomic mass is 32.2. The lowest BCUT2D eigenvalue weighted by molar-refractivity contribution is 0.187. The highest BCUT2D eigenvalue weighted by Gasteiger charge is 2.18. The molecule has 1 aromatic carbocycles. The average Bonchev–Trinajstić information content (AvgIpc) is 2.48.